The van der Waals surface area contributed by atoms with Gasteiger partial charge in [0.15, 0.2) is 0 Å². The number of anilines is 1. The molecule has 0 amide bonds. The summed E-state index contributed by atoms with van der Waals surface area (Å²) in [6, 6.07) is 12.2. The number of pyridine rings is 1. The molecule has 3 N–H and O–H groups in total. The molecule has 0 atom stereocenters. The molecule has 0 saturated heterocycles. The fraction of sp³-hybridized carbons (Fsp3) is 0.312. The molecular weight excluding hydrogens is 236 g/mol. The number of nitrogens with one attached hydrogen (secondary N) is 1. The molecule has 1 aromatic carbocycles. The molecular formula is C16H21N2O+. The van der Waals surface area contributed by atoms with Crippen molar-refractivity contribution in [2.75, 3.05) is 5.73 Å². The monoisotopic (exact) mass is 257 g/mol. The minimum atomic E-state index is 0.179. The van der Waals surface area contributed by atoms with Crippen molar-refractivity contribution in [1.82, 2.24) is 0 Å². The fourth-order valence-electron chi connectivity index (χ4n) is 1.82. The maximum absolute atomic E-state index is 5.79. The summed E-state index contributed by atoms with van der Waals surface area (Å²) in [5.41, 5.74) is 8.42. The number of H-pyrrole nitrogens is 1. The average Bonchev–Trinajstić information content (AvgIpc) is 2.37. The van der Waals surface area contributed by atoms with Crippen molar-refractivity contribution in [1.29, 1.82) is 0 Å². The summed E-state index contributed by atoms with van der Waals surface area (Å²) >= 11 is 0. The van der Waals surface area contributed by atoms with E-state index in [9.17, 15) is 0 Å². The molecule has 1 aromatic heterocycles. The highest BCUT2D eigenvalue weighted by atomic mass is 16.5. The molecule has 0 spiro atoms. The Morgan fingerprint density at radius 1 is 1.11 bits per heavy atom. The van der Waals surface area contributed by atoms with Gasteiger partial charge in [0.25, 0.3) is 0 Å². The first kappa shape index (κ1) is 13.4. The predicted molar refractivity (Wildman–Crippen MR) is 76.9 cm³/mol. The van der Waals surface area contributed by atoms with Gasteiger partial charge in [0.05, 0.1) is 6.20 Å². The van der Waals surface area contributed by atoms with Crippen LogP contribution in [0.15, 0.2) is 42.6 Å². The van der Waals surface area contributed by atoms with Crippen LogP contribution >= 0.6 is 0 Å². The molecule has 3 heteroatoms. The third-order valence-electron chi connectivity index (χ3n) is 3.06. The van der Waals surface area contributed by atoms with Crippen molar-refractivity contribution in [3.63, 3.8) is 0 Å². The van der Waals surface area contributed by atoms with Crippen LogP contribution in [0.2, 0.25) is 0 Å². The second-order valence-electron chi connectivity index (χ2n) is 5.68. The van der Waals surface area contributed by atoms with E-state index in [0.29, 0.717) is 18.2 Å². The summed E-state index contributed by atoms with van der Waals surface area (Å²) in [6.45, 7) is 7.14. The number of nitrogens with two attached hydrogens (primary N) is 1. The molecule has 2 rings (SSSR count). The van der Waals surface area contributed by atoms with Crippen molar-refractivity contribution in [2.45, 2.75) is 32.8 Å². The normalized spacial score (nSPS) is 11.3. The van der Waals surface area contributed by atoms with Crippen LogP contribution in [-0.4, -0.2) is 0 Å². The molecule has 19 heavy (non-hydrogen) atoms. The van der Waals surface area contributed by atoms with E-state index >= 15 is 0 Å². The molecule has 0 aliphatic carbocycles. The Labute approximate surface area is 114 Å². The number of hydrogen-bond acceptors (Lipinski definition) is 2. The number of hydrogen-bond donors (Lipinski definition) is 1. The van der Waals surface area contributed by atoms with Crippen molar-refractivity contribution >= 4 is 5.82 Å². The molecule has 100 valence electrons. The van der Waals surface area contributed by atoms with Crippen molar-refractivity contribution < 1.29 is 9.72 Å². The quantitative estimate of drug-likeness (QED) is 0.919. The fourth-order valence-corrected chi connectivity index (χ4v) is 1.82. The average molecular weight is 257 g/mol. The minimum absolute atomic E-state index is 0.179. The molecule has 0 saturated carbocycles. The Kier molecular flexibility index (Phi) is 3.74. The van der Waals surface area contributed by atoms with Crippen molar-refractivity contribution in [3.8, 4) is 5.75 Å². The topological polar surface area (TPSA) is 49.4 Å². The van der Waals surface area contributed by atoms with Crippen molar-refractivity contribution in [3.05, 3.63) is 53.7 Å². The van der Waals surface area contributed by atoms with Gasteiger partial charge in [0.1, 0.15) is 6.61 Å². The second kappa shape index (κ2) is 5.31. The largest absolute Gasteiger partial charge is 0.481 e. The van der Waals surface area contributed by atoms with Gasteiger partial charge in [-0.3, -0.25) is 5.73 Å². The number of aromatic amines is 1. The Bertz CT molecular complexity index is 541. The highest BCUT2D eigenvalue weighted by Crippen LogP contribution is 2.23. The van der Waals surface area contributed by atoms with Crippen LogP contribution in [0.25, 0.3) is 0 Å². The lowest BCUT2D eigenvalue weighted by Gasteiger charge is -2.19. The first-order valence-corrected chi connectivity index (χ1v) is 6.45. The first-order chi connectivity index (χ1) is 8.97. The van der Waals surface area contributed by atoms with E-state index in [1.165, 1.54) is 5.56 Å². The molecule has 0 bridgehead atoms. The van der Waals surface area contributed by atoms with E-state index in [0.717, 1.165) is 5.56 Å². The standard InChI is InChI=1S/C16H20N2O/c1-16(2,3)13-8-6-12(7-9-13)11-19-14-5-4-10-18-15(14)17/h4-10H,11H2,1-3H3,(H2,17,18)/p+1. The van der Waals surface area contributed by atoms with Gasteiger partial charge in [0, 0.05) is 0 Å². The second-order valence-corrected chi connectivity index (χ2v) is 5.68. The lowest BCUT2D eigenvalue weighted by molar-refractivity contribution is -0.361. The lowest BCUT2D eigenvalue weighted by Crippen LogP contribution is -2.12. The zero-order chi connectivity index (χ0) is 13.9. The smallest absolute Gasteiger partial charge is 0.313 e. The van der Waals surface area contributed by atoms with Gasteiger partial charge in [-0.1, -0.05) is 45.0 Å². The summed E-state index contributed by atoms with van der Waals surface area (Å²) in [5, 5.41) is 0. The molecule has 3 nitrogen and oxygen atoms in total. The zero-order valence-corrected chi connectivity index (χ0v) is 11.7. The maximum atomic E-state index is 5.79. The first-order valence-electron chi connectivity index (χ1n) is 6.45. The van der Waals surface area contributed by atoms with Crippen LogP contribution in [0.5, 0.6) is 5.75 Å². The van der Waals surface area contributed by atoms with E-state index in [-0.39, 0.29) is 5.41 Å². The lowest BCUT2D eigenvalue weighted by atomic mass is 9.87. The number of rotatable bonds is 3. The maximum Gasteiger partial charge on any atom is 0.313 e. The Morgan fingerprint density at radius 3 is 2.37 bits per heavy atom. The van der Waals surface area contributed by atoms with E-state index in [2.05, 4.69) is 50.0 Å². The van der Waals surface area contributed by atoms with Gasteiger partial charge >= 0.3 is 5.82 Å². The van der Waals surface area contributed by atoms with E-state index in [1.54, 1.807) is 6.20 Å². The SMILES string of the molecule is CC(C)(C)c1ccc(COc2ccc[nH+]c2N)cc1. The van der Waals surface area contributed by atoms with Gasteiger partial charge in [-0.2, -0.15) is 0 Å². The summed E-state index contributed by atoms with van der Waals surface area (Å²) < 4.78 is 5.69. The number of nitrogen functional groups attached to an aromatic ring is 1. The van der Waals surface area contributed by atoms with E-state index in [1.807, 2.05) is 12.1 Å². The third kappa shape index (κ3) is 3.47. The van der Waals surface area contributed by atoms with Crippen LogP contribution in [0, 0.1) is 0 Å². The summed E-state index contributed by atoms with van der Waals surface area (Å²) in [6.07, 6.45) is 1.78. The minimum Gasteiger partial charge on any atom is -0.481 e. The van der Waals surface area contributed by atoms with Gasteiger partial charge in [-0.15, -0.1) is 0 Å². The molecule has 0 fully saturated rings. The highest BCUT2D eigenvalue weighted by Gasteiger charge is 2.13. The summed E-state index contributed by atoms with van der Waals surface area (Å²) in [4.78, 5) is 2.92. The van der Waals surface area contributed by atoms with Crippen LogP contribution in [0.3, 0.4) is 0 Å². The number of aromatic nitrogens is 1. The van der Waals surface area contributed by atoms with E-state index < -0.39 is 0 Å². The molecule has 0 radical (unpaired) electrons. The highest BCUT2D eigenvalue weighted by molar-refractivity contribution is 5.40. The number of benzene rings is 1. The third-order valence-corrected chi connectivity index (χ3v) is 3.06. The van der Waals surface area contributed by atoms with Crippen molar-refractivity contribution in [2.24, 2.45) is 0 Å². The van der Waals surface area contributed by atoms with Gasteiger partial charge < -0.3 is 4.74 Å². The van der Waals surface area contributed by atoms with E-state index in [4.69, 9.17) is 10.5 Å². The summed E-state index contributed by atoms with van der Waals surface area (Å²) in [5.74, 6) is 1.23. The molecule has 0 aliphatic heterocycles. The predicted octanol–water partition coefficient (Wildman–Crippen LogP) is 2.96. The summed E-state index contributed by atoms with van der Waals surface area (Å²) in [7, 11) is 0. The molecule has 0 unspecified atom stereocenters. The van der Waals surface area contributed by atoms with Crippen LogP contribution in [0.4, 0.5) is 5.82 Å². The van der Waals surface area contributed by atoms with Gasteiger partial charge in [-0.05, 0) is 28.7 Å². The van der Waals surface area contributed by atoms with Gasteiger partial charge in [0.2, 0.25) is 5.75 Å². The number of ether oxygens (including phenoxy) is 1. The Balaban J connectivity index is 2.03. The van der Waals surface area contributed by atoms with Crippen LogP contribution in [-0.2, 0) is 12.0 Å². The van der Waals surface area contributed by atoms with Crippen LogP contribution in [0.1, 0.15) is 31.9 Å². The zero-order valence-electron chi connectivity index (χ0n) is 11.7. The van der Waals surface area contributed by atoms with Gasteiger partial charge in [-0.25, -0.2) is 4.98 Å². The Morgan fingerprint density at radius 2 is 1.79 bits per heavy atom. The molecule has 2 aromatic rings. The van der Waals surface area contributed by atoms with Crippen LogP contribution < -0.4 is 15.5 Å². The molecule has 1 heterocycles. The molecule has 0 aliphatic rings. The Hall–Kier alpha value is -2.03.